The maximum atomic E-state index is 13.6. The molecule has 0 bridgehead atoms. The number of benzene rings is 2. The van der Waals surface area contributed by atoms with Crippen molar-refractivity contribution in [3.63, 3.8) is 0 Å². The topological polar surface area (TPSA) is 142 Å². The summed E-state index contributed by atoms with van der Waals surface area (Å²) in [5, 5.41) is 20.7. The van der Waals surface area contributed by atoms with Crippen molar-refractivity contribution in [2.24, 2.45) is 5.92 Å². The third-order valence-corrected chi connectivity index (χ3v) is 10.9. The Morgan fingerprint density at radius 3 is 2.12 bits per heavy atom. The third kappa shape index (κ3) is 7.50. The molecule has 12 heteroatoms. The van der Waals surface area contributed by atoms with Gasteiger partial charge in [0.15, 0.2) is 5.69 Å². The molecule has 7 rings (SSSR count). The van der Waals surface area contributed by atoms with E-state index in [1.165, 1.54) is 7.11 Å². The van der Waals surface area contributed by atoms with Crippen LogP contribution in [0.4, 0.5) is 11.4 Å². The number of pyridine rings is 1. The Bertz CT molecular complexity index is 1950. The van der Waals surface area contributed by atoms with Crippen molar-refractivity contribution < 1.29 is 24.2 Å². The van der Waals surface area contributed by atoms with Gasteiger partial charge in [-0.15, -0.1) is 0 Å². The predicted molar refractivity (Wildman–Crippen MR) is 198 cm³/mol. The van der Waals surface area contributed by atoms with E-state index in [4.69, 9.17) is 9.84 Å². The maximum absolute atomic E-state index is 13.6. The standard InChI is InChI=1S/C40H47N7O5/c1-25-30(7-4-9-32(25)42-38(49)34-13-12-27(22-41-34)23-45-18-16-29(48)24-45)31-8-5-10-33(26(31)2)43-39(50)35-21-37-36(11-6-17-47(37)44-35)46-19-14-28(15-20-46)40(51)52-3/h4-5,7-10,12-13,21-22,28-29,36,48H,6,11,14-20,23-24H2,1-3H3,(H,42,49)(H,43,50)/t29-,36?/m1/s1. The van der Waals surface area contributed by atoms with Gasteiger partial charge in [-0.25, -0.2) is 0 Å². The first-order valence-corrected chi connectivity index (χ1v) is 18.3. The van der Waals surface area contributed by atoms with Gasteiger partial charge in [-0.3, -0.25) is 33.8 Å². The van der Waals surface area contributed by atoms with Crippen molar-refractivity contribution >= 4 is 29.2 Å². The average molecular weight is 706 g/mol. The molecule has 2 fully saturated rings. The fourth-order valence-corrected chi connectivity index (χ4v) is 7.92. The van der Waals surface area contributed by atoms with E-state index in [0.717, 1.165) is 91.8 Å². The minimum Gasteiger partial charge on any atom is -0.469 e. The van der Waals surface area contributed by atoms with E-state index in [-0.39, 0.29) is 35.8 Å². The van der Waals surface area contributed by atoms with E-state index in [0.29, 0.717) is 35.9 Å². The molecular formula is C40H47N7O5. The Hall–Kier alpha value is -4.91. The van der Waals surface area contributed by atoms with Crippen LogP contribution in [0.1, 0.15) is 81.5 Å². The van der Waals surface area contributed by atoms with Crippen LogP contribution in [0.25, 0.3) is 11.1 Å². The lowest BCUT2D eigenvalue weighted by Crippen LogP contribution is -2.40. The monoisotopic (exact) mass is 705 g/mol. The molecule has 3 N–H and O–H groups in total. The number of aliphatic hydroxyl groups excluding tert-OH is 1. The van der Waals surface area contributed by atoms with Gasteiger partial charge in [0.2, 0.25) is 0 Å². The first-order valence-electron chi connectivity index (χ1n) is 18.3. The number of nitrogens with one attached hydrogen (secondary N) is 2. The van der Waals surface area contributed by atoms with E-state index in [9.17, 15) is 19.5 Å². The normalized spacial score (nSPS) is 19.6. The van der Waals surface area contributed by atoms with Gasteiger partial charge >= 0.3 is 5.97 Å². The SMILES string of the molecule is COC(=O)C1CCN(C2CCCn3nc(C(=O)Nc4cccc(-c5cccc(NC(=O)c6ccc(CN7CC[C@@H](O)C7)cn6)c5C)c4C)cc32)CC1. The van der Waals surface area contributed by atoms with Crippen molar-refractivity contribution in [3.05, 3.63) is 94.6 Å². The molecule has 3 aliphatic rings. The second kappa shape index (κ2) is 15.4. The highest BCUT2D eigenvalue weighted by atomic mass is 16.5. The molecule has 0 radical (unpaired) electrons. The van der Waals surface area contributed by atoms with E-state index in [2.05, 4.69) is 25.4 Å². The quantitative estimate of drug-likeness (QED) is 0.197. The van der Waals surface area contributed by atoms with Crippen LogP contribution in [0.15, 0.2) is 60.8 Å². The summed E-state index contributed by atoms with van der Waals surface area (Å²) in [4.78, 5) is 47.9. The van der Waals surface area contributed by atoms with Crippen LogP contribution >= 0.6 is 0 Å². The number of fused-ring (bicyclic) bond motifs is 1. The Morgan fingerprint density at radius 1 is 0.846 bits per heavy atom. The molecule has 2 aromatic carbocycles. The van der Waals surface area contributed by atoms with Crippen molar-refractivity contribution in [2.75, 3.05) is 43.9 Å². The van der Waals surface area contributed by atoms with Crippen LogP contribution < -0.4 is 10.6 Å². The Balaban J connectivity index is 1.02. The molecule has 2 saturated heterocycles. The summed E-state index contributed by atoms with van der Waals surface area (Å²) in [5.74, 6) is -0.743. The number of piperidine rings is 1. The highest BCUT2D eigenvalue weighted by Crippen LogP contribution is 2.36. The molecule has 272 valence electrons. The van der Waals surface area contributed by atoms with Crippen LogP contribution in [-0.2, 0) is 22.6 Å². The van der Waals surface area contributed by atoms with Crippen LogP contribution in [0.2, 0.25) is 0 Å². The van der Waals surface area contributed by atoms with Gasteiger partial charge in [-0.1, -0.05) is 30.3 Å². The number of anilines is 2. The summed E-state index contributed by atoms with van der Waals surface area (Å²) in [7, 11) is 1.45. The summed E-state index contributed by atoms with van der Waals surface area (Å²) in [5.41, 5.74) is 7.81. The zero-order valence-electron chi connectivity index (χ0n) is 30.1. The number of likely N-dealkylation sites (tertiary alicyclic amines) is 2. The van der Waals surface area contributed by atoms with E-state index >= 15 is 0 Å². The fraction of sp³-hybridized carbons (Fsp3) is 0.425. The van der Waals surface area contributed by atoms with Crippen LogP contribution in [-0.4, -0.2) is 86.8 Å². The second-order valence-corrected chi connectivity index (χ2v) is 14.3. The number of carbonyl (C=O) groups excluding carboxylic acids is 3. The maximum Gasteiger partial charge on any atom is 0.308 e. The highest BCUT2D eigenvalue weighted by Gasteiger charge is 2.34. The summed E-state index contributed by atoms with van der Waals surface area (Å²) in [6.45, 7) is 8.54. The summed E-state index contributed by atoms with van der Waals surface area (Å²) in [6, 6.07) is 17.3. The van der Waals surface area contributed by atoms with E-state index < -0.39 is 0 Å². The number of aryl methyl sites for hydroxylation is 1. The lowest BCUT2D eigenvalue weighted by atomic mass is 9.93. The number of amides is 2. The molecule has 1 unspecified atom stereocenters. The summed E-state index contributed by atoms with van der Waals surface area (Å²) < 4.78 is 6.93. The number of β-amino-alcohol motifs (C(OH)–C–C–N with tert-alkyl or cyclic N) is 1. The Kier molecular flexibility index (Phi) is 10.5. The van der Waals surface area contributed by atoms with E-state index in [1.54, 1.807) is 12.3 Å². The molecule has 5 heterocycles. The third-order valence-electron chi connectivity index (χ3n) is 10.9. The predicted octanol–water partition coefficient (Wildman–Crippen LogP) is 5.35. The molecule has 2 aromatic heterocycles. The van der Waals surface area contributed by atoms with Gasteiger partial charge in [-0.2, -0.15) is 5.10 Å². The van der Waals surface area contributed by atoms with Crippen molar-refractivity contribution in [1.29, 1.82) is 0 Å². The van der Waals surface area contributed by atoms with Gasteiger partial charge in [-0.05, 0) is 111 Å². The van der Waals surface area contributed by atoms with Crippen LogP contribution in [0.5, 0.6) is 0 Å². The number of aromatic nitrogens is 3. The molecule has 2 atom stereocenters. The second-order valence-electron chi connectivity index (χ2n) is 14.3. The van der Waals surface area contributed by atoms with Gasteiger partial charge in [0.1, 0.15) is 5.69 Å². The first-order chi connectivity index (χ1) is 25.2. The Labute approximate surface area is 304 Å². The molecule has 52 heavy (non-hydrogen) atoms. The molecule has 0 aliphatic carbocycles. The number of hydrogen-bond donors (Lipinski definition) is 3. The van der Waals surface area contributed by atoms with Crippen molar-refractivity contribution in [2.45, 2.75) is 71.2 Å². The summed E-state index contributed by atoms with van der Waals surface area (Å²) >= 11 is 0. The number of methoxy groups -OCH3 is 1. The minimum atomic E-state index is -0.295. The van der Waals surface area contributed by atoms with Gasteiger partial charge in [0, 0.05) is 43.8 Å². The molecular weight excluding hydrogens is 658 g/mol. The number of rotatable bonds is 9. The molecule has 0 saturated carbocycles. The lowest BCUT2D eigenvalue weighted by molar-refractivity contribution is -0.147. The smallest absolute Gasteiger partial charge is 0.308 e. The van der Waals surface area contributed by atoms with Gasteiger partial charge in [0.25, 0.3) is 11.8 Å². The number of nitrogens with zero attached hydrogens (tertiary/aromatic N) is 5. The number of esters is 1. The zero-order valence-corrected chi connectivity index (χ0v) is 30.1. The zero-order chi connectivity index (χ0) is 36.4. The number of ether oxygens (including phenoxy) is 1. The van der Waals surface area contributed by atoms with Gasteiger partial charge in [0.05, 0.1) is 30.9 Å². The fourth-order valence-electron chi connectivity index (χ4n) is 7.92. The van der Waals surface area contributed by atoms with E-state index in [1.807, 2.05) is 67.1 Å². The first kappa shape index (κ1) is 35.5. The number of aliphatic hydroxyl groups is 1. The number of carbonyl (C=O) groups is 3. The highest BCUT2D eigenvalue weighted by molar-refractivity contribution is 6.05. The average Bonchev–Trinajstić information content (AvgIpc) is 3.79. The molecule has 0 spiro atoms. The summed E-state index contributed by atoms with van der Waals surface area (Å²) in [6.07, 6.45) is 5.73. The van der Waals surface area contributed by atoms with Crippen molar-refractivity contribution in [1.82, 2.24) is 24.6 Å². The minimum absolute atomic E-state index is 0.0527. The largest absolute Gasteiger partial charge is 0.469 e. The number of hydrogen-bond acceptors (Lipinski definition) is 9. The molecule has 4 aromatic rings. The molecule has 2 amide bonds. The van der Waals surface area contributed by atoms with Crippen LogP contribution in [0.3, 0.4) is 0 Å². The van der Waals surface area contributed by atoms with Crippen molar-refractivity contribution in [3.8, 4) is 11.1 Å². The van der Waals surface area contributed by atoms with Crippen LogP contribution in [0, 0.1) is 19.8 Å². The molecule has 3 aliphatic heterocycles. The Morgan fingerprint density at radius 2 is 1.52 bits per heavy atom. The van der Waals surface area contributed by atoms with Gasteiger partial charge < -0.3 is 20.5 Å². The lowest BCUT2D eigenvalue weighted by Gasteiger charge is -2.38. The molecule has 12 nitrogen and oxygen atoms in total.